The van der Waals surface area contributed by atoms with Crippen molar-refractivity contribution in [3.05, 3.63) is 60.2 Å². The fourth-order valence-electron chi connectivity index (χ4n) is 2.73. The van der Waals surface area contributed by atoms with Crippen molar-refractivity contribution in [2.45, 2.75) is 38.1 Å². The molecule has 0 N–H and O–H groups in total. The van der Waals surface area contributed by atoms with Gasteiger partial charge in [-0.15, -0.1) is 0 Å². The minimum atomic E-state index is -0.427. The quantitative estimate of drug-likeness (QED) is 0.511. The van der Waals surface area contributed by atoms with Crippen molar-refractivity contribution in [2.75, 3.05) is 6.61 Å². The van der Waals surface area contributed by atoms with Crippen LogP contribution in [-0.2, 0) is 21.5 Å². The predicted molar refractivity (Wildman–Crippen MR) is 93.8 cm³/mol. The molecule has 0 saturated carbocycles. The standard InChI is InChI=1S/C18H22ClN3O2/c1-3-5-10-18(12-24-17(23)4-2,11-22-14-20-13-21-22)15-6-8-16(19)9-7-15/h4,6-9,13-14H,2-3,5,10-12H2,1H3. The fourth-order valence-corrected chi connectivity index (χ4v) is 2.85. The minimum absolute atomic E-state index is 0.249. The van der Waals surface area contributed by atoms with E-state index in [0.29, 0.717) is 11.6 Å². The lowest BCUT2D eigenvalue weighted by Crippen LogP contribution is -2.38. The molecule has 2 aromatic rings. The van der Waals surface area contributed by atoms with Crippen LogP contribution in [0.3, 0.4) is 0 Å². The molecule has 1 atom stereocenters. The average molecular weight is 348 g/mol. The highest BCUT2D eigenvalue weighted by molar-refractivity contribution is 6.30. The van der Waals surface area contributed by atoms with Gasteiger partial charge in [-0.25, -0.2) is 9.78 Å². The number of halogens is 1. The summed E-state index contributed by atoms with van der Waals surface area (Å²) < 4.78 is 7.21. The van der Waals surface area contributed by atoms with E-state index in [2.05, 4.69) is 23.6 Å². The molecular formula is C18H22ClN3O2. The van der Waals surface area contributed by atoms with Gasteiger partial charge >= 0.3 is 5.97 Å². The van der Waals surface area contributed by atoms with E-state index in [1.165, 1.54) is 12.4 Å². The average Bonchev–Trinajstić information content (AvgIpc) is 3.10. The lowest BCUT2D eigenvalue weighted by Gasteiger charge is -2.33. The Kier molecular flexibility index (Phi) is 6.55. The van der Waals surface area contributed by atoms with Crippen molar-refractivity contribution >= 4 is 17.6 Å². The molecule has 24 heavy (non-hydrogen) atoms. The van der Waals surface area contributed by atoms with E-state index in [4.69, 9.17) is 16.3 Å². The SMILES string of the molecule is C=CC(=O)OCC(CCCC)(Cn1cncn1)c1ccc(Cl)cc1. The molecule has 0 bridgehead atoms. The summed E-state index contributed by atoms with van der Waals surface area (Å²) in [6.07, 6.45) is 7.26. The molecule has 2 rings (SSSR count). The maximum Gasteiger partial charge on any atom is 0.330 e. The highest BCUT2D eigenvalue weighted by atomic mass is 35.5. The lowest BCUT2D eigenvalue weighted by molar-refractivity contribution is -0.140. The van der Waals surface area contributed by atoms with Gasteiger partial charge < -0.3 is 4.74 Å². The van der Waals surface area contributed by atoms with Crippen molar-refractivity contribution in [2.24, 2.45) is 0 Å². The van der Waals surface area contributed by atoms with Crippen LogP contribution in [0.25, 0.3) is 0 Å². The number of hydrogen-bond acceptors (Lipinski definition) is 4. The number of carbonyl (C=O) groups excluding carboxylic acids is 1. The summed E-state index contributed by atoms with van der Waals surface area (Å²) in [6.45, 7) is 6.42. The van der Waals surface area contributed by atoms with Gasteiger partial charge in [0.05, 0.1) is 6.54 Å². The van der Waals surface area contributed by atoms with Crippen molar-refractivity contribution < 1.29 is 9.53 Å². The van der Waals surface area contributed by atoms with Crippen LogP contribution in [0.4, 0.5) is 0 Å². The topological polar surface area (TPSA) is 57.0 Å². The highest BCUT2D eigenvalue weighted by Gasteiger charge is 2.34. The van der Waals surface area contributed by atoms with Gasteiger partial charge in [-0.3, -0.25) is 4.68 Å². The molecule has 0 aliphatic heterocycles. The zero-order chi connectivity index (χ0) is 17.4. The summed E-state index contributed by atoms with van der Waals surface area (Å²) in [4.78, 5) is 15.6. The first kappa shape index (κ1) is 18.2. The lowest BCUT2D eigenvalue weighted by atomic mass is 9.76. The number of ether oxygens (including phenoxy) is 1. The third kappa shape index (κ3) is 4.68. The third-order valence-electron chi connectivity index (χ3n) is 4.05. The molecule has 0 aliphatic carbocycles. The summed E-state index contributed by atoms with van der Waals surface area (Å²) in [5.74, 6) is -0.427. The molecule has 6 heteroatoms. The third-order valence-corrected chi connectivity index (χ3v) is 4.31. The second kappa shape index (κ2) is 8.64. The molecule has 1 aromatic carbocycles. The summed E-state index contributed by atoms with van der Waals surface area (Å²) in [7, 11) is 0. The van der Waals surface area contributed by atoms with Crippen molar-refractivity contribution in [1.82, 2.24) is 14.8 Å². The number of rotatable bonds is 9. The monoisotopic (exact) mass is 347 g/mol. The fraction of sp³-hybridized carbons (Fsp3) is 0.389. The molecule has 0 amide bonds. The molecule has 1 heterocycles. The Bertz CT molecular complexity index is 655. The van der Waals surface area contributed by atoms with Gasteiger partial charge in [0.1, 0.15) is 19.3 Å². The van der Waals surface area contributed by atoms with E-state index in [1.807, 2.05) is 24.3 Å². The second-order valence-corrected chi connectivity index (χ2v) is 6.23. The van der Waals surface area contributed by atoms with E-state index in [1.54, 1.807) is 11.0 Å². The minimum Gasteiger partial charge on any atom is -0.462 e. The number of benzene rings is 1. The van der Waals surface area contributed by atoms with Gasteiger partial charge in [-0.05, 0) is 24.1 Å². The zero-order valence-corrected chi connectivity index (χ0v) is 14.6. The van der Waals surface area contributed by atoms with E-state index >= 15 is 0 Å². The van der Waals surface area contributed by atoms with E-state index in [9.17, 15) is 4.79 Å². The van der Waals surface area contributed by atoms with Crippen LogP contribution in [0.2, 0.25) is 5.02 Å². The summed E-state index contributed by atoms with van der Waals surface area (Å²) in [5, 5.41) is 4.89. The Morgan fingerprint density at radius 3 is 2.75 bits per heavy atom. The van der Waals surface area contributed by atoms with Crippen LogP contribution >= 0.6 is 11.6 Å². The predicted octanol–water partition coefficient (Wildman–Crippen LogP) is 3.79. The van der Waals surface area contributed by atoms with Gasteiger partial charge in [0.25, 0.3) is 0 Å². The van der Waals surface area contributed by atoms with Crippen molar-refractivity contribution in [3.63, 3.8) is 0 Å². The number of aromatic nitrogens is 3. The first-order valence-electron chi connectivity index (χ1n) is 7.97. The molecule has 1 unspecified atom stereocenters. The van der Waals surface area contributed by atoms with Crippen LogP contribution in [-0.4, -0.2) is 27.3 Å². The Morgan fingerprint density at radius 1 is 1.42 bits per heavy atom. The van der Waals surface area contributed by atoms with Crippen LogP contribution in [0.5, 0.6) is 0 Å². The van der Waals surface area contributed by atoms with E-state index < -0.39 is 11.4 Å². The normalized spacial score (nSPS) is 13.2. The number of unbranched alkanes of at least 4 members (excludes halogenated alkanes) is 1. The van der Waals surface area contributed by atoms with Crippen LogP contribution < -0.4 is 0 Å². The van der Waals surface area contributed by atoms with Crippen LogP contribution in [0.15, 0.2) is 49.6 Å². The molecule has 0 spiro atoms. The molecule has 0 fully saturated rings. The first-order chi connectivity index (χ1) is 11.6. The summed E-state index contributed by atoms with van der Waals surface area (Å²) in [6, 6.07) is 7.68. The van der Waals surface area contributed by atoms with Gasteiger partial charge in [0.15, 0.2) is 0 Å². The number of hydrogen-bond donors (Lipinski definition) is 0. The van der Waals surface area contributed by atoms with Gasteiger partial charge in [-0.2, -0.15) is 5.10 Å². The summed E-state index contributed by atoms with van der Waals surface area (Å²) in [5.41, 5.74) is 0.667. The number of esters is 1. The Hall–Kier alpha value is -2.14. The summed E-state index contributed by atoms with van der Waals surface area (Å²) >= 11 is 6.03. The first-order valence-corrected chi connectivity index (χ1v) is 8.35. The molecule has 128 valence electrons. The van der Waals surface area contributed by atoms with Crippen LogP contribution in [0.1, 0.15) is 31.7 Å². The van der Waals surface area contributed by atoms with Gasteiger partial charge in [-0.1, -0.05) is 50.1 Å². The highest BCUT2D eigenvalue weighted by Crippen LogP contribution is 2.33. The number of nitrogens with zero attached hydrogens (tertiary/aromatic N) is 3. The van der Waals surface area contributed by atoms with Crippen molar-refractivity contribution in [3.8, 4) is 0 Å². The molecule has 0 saturated heterocycles. The second-order valence-electron chi connectivity index (χ2n) is 5.80. The molecular weight excluding hydrogens is 326 g/mol. The van der Waals surface area contributed by atoms with Gasteiger partial charge in [0.2, 0.25) is 0 Å². The Balaban J connectivity index is 2.38. The van der Waals surface area contributed by atoms with Crippen LogP contribution in [0, 0.1) is 0 Å². The zero-order valence-electron chi connectivity index (χ0n) is 13.8. The Labute approximate surface area is 147 Å². The molecule has 0 radical (unpaired) electrons. The molecule has 0 aliphatic rings. The number of carbonyl (C=O) groups is 1. The maximum atomic E-state index is 11.6. The maximum absolute atomic E-state index is 11.6. The van der Waals surface area contributed by atoms with Gasteiger partial charge in [0, 0.05) is 16.5 Å². The smallest absolute Gasteiger partial charge is 0.330 e. The largest absolute Gasteiger partial charge is 0.462 e. The Morgan fingerprint density at radius 2 is 2.17 bits per heavy atom. The molecule has 1 aromatic heterocycles. The molecule has 5 nitrogen and oxygen atoms in total. The van der Waals surface area contributed by atoms with E-state index in [0.717, 1.165) is 24.8 Å². The van der Waals surface area contributed by atoms with Crippen molar-refractivity contribution in [1.29, 1.82) is 0 Å². The van der Waals surface area contributed by atoms with E-state index in [-0.39, 0.29) is 6.61 Å².